The minimum absolute atomic E-state index is 0.0749. The van der Waals surface area contributed by atoms with E-state index in [0.717, 1.165) is 89.9 Å². The number of carbonyl (C=O) groups excluding carboxylic acids is 3. The highest BCUT2D eigenvalue weighted by atomic mass is 16.6. The molecule has 0 fully saturated rings. The second-order valence-electron chi connectivity index (χ2n) is 24.1. The number of unbranched alkanes of at least 4 members (excludes halogenated alkanes) is 45. The number of hydrogen-bond donors (Lipinski definition) is 0. The molecular formula is C75H136O6. The van der Waals surface area contributed by atoms with Gasteiger partial charge in [0, 0.05) is 19.3 Å². The predicted molar refractivity (Wildman–Crippen MR) is 353 cm³/mol. The van der Waals surface area contributed by atoms with Crippen molar-refractivity contribution in [3.05, 3.63) is 60.8 Å². The minimum atomic E-state index is -0.781. The van der Waals surface area contributed by atoms with E-state index in [9.17, 15) is 14.4 Å². The molecule has 0 aromatic rings. The average molecular weight is 1130 g/mol. The topological polar surface area (TPSA) is 78.9 Å². The molecule has 0 aromatic carbocycles. The standard InChI is InChI=1S/C75H136O6/c1-4-7-10-13-16-19-22-25-28-31-33-35-36-37-38-40-41-44-47-50-53-56-59-62-65-68-74(77)80-71-72(70-79-73(76)67-64-61-58-55-52-49-46-43-30-27-24-21-18-15-12-9-6-3)81-75(78)69-66-63-60-57-54-51-48-45-42-39-34-32-29-26-23-20-17-14-11-8-5-2/h8,11,17,20,26-27,29-30,34,39,72H,4-7,9-10,12-16,18-19,21-25,28,31-33,35-38,40-71H2,1-3H3/b11-8-,20-17-,29-26-,30-27-,39-34-. The molecule has 0 aliphatic rings. The Kier molecular flexibility index (Phi) is 67.1. The largest absolute Gasteiger partial charge is 0.462 e. The van der Waals surface area contributed by atoms with Crippen LogP contribution in [0.5, 0.6) is 0 Å². The van der Waals surface area contributed by atoms with Crippen molar-refractivity contribution in [1.82, 2.24) is 0 Å². The molecular weight excluding hydrogens is 997 g/mol. The highest BCUT2D eigenvalue weighted by molar-refractivity contribution is 5.71. The van der Waals surface area contributed by atoms with E-state index in [1.807, 2.05) is 0 Å². The van der Waals surface area contributed by atoms with Gasteiger partial charge in [0.1, 0.15) is 13.2 Å². The Hall–Kier alpha value is -2.89. The molecule has 1 unspecified atom stereocenters. The molecule has 0 rings (SSSR count). The van der Waals surface area contributed by atoms with Crippen LogP contribution in [0.25, 0.3) is 0 Å². The molecule has 0 aliphatic heterocycles. The molecule has 0 aromatic heterocycles. The number of ether oxygens (including phenoxy) is 3. The van der Waals surface area contributed by atoms with Crippen LogP contribution >= 0.6 is 0 Å². The van der Waals surface area contributed by atoms with Crippen molar-refractivity contribution in [2.24, 2.45) is 0 Å². The fourth-order valence-corrected chi connectivity index (χ4v) is 10.7. The zero-order valence-electron chi connectivity index (χ0n) is 54.3. The van der Waals surface area contributed by atoms with E-state index in [0.29, 0.717) is 19.3 Å². The van der Waals surface area contributed by atoms with Crippen LogP contribution in [-0.4, -0.2) is 37.2 Å². The van der Waals surface area contributed by atoms with Gasteiger partial charge in [0.05, 0.1) is 0 Å². The van der Waals surface area contributed by atoms with Crippen LogP contribution < -0.4 is 0 Å². The molecule has 0 N–H and O–H groups in total. The van der Waals surface area contributed by atoms with E-state index in [1.54, 1.807) is 0 Å². The van der Waals surface area contributed by atoms with Crippen LogP contribution in [0, 0.1) is 0 Å². The molecule has 6 nitrogen and oxygen atoms in total. The lowest BCUT2D eigenvalue weighted by atomic mass is 10.0. The SMILES string of the molecule is CC/C=C\C/C=C\C/C=C\C/C=C\CCCCCCCCCCC(=O)OC(COC(=O)CCCCCCCCC/C=C\CCCCCCCC)COC(=O)CCCCCCCCCCCCCCCCCCCCCCCCCCC. The van der Waals surface area contributed by atoms with Crippen molar-refractivity contribution in [3.8, 4) is 0 Å². The van der Waals surface area contributed by atoms with Gasteiger partial charge in [-0.2, -0.15) is 0 Å². The van der Waals surface area contributed by atoms with Crippen LogP contribution in [0.1, 0.15) is 380 Å². The lowest BCUT2D eigenvalue weighted by Crippen LogP contribution is -2.30. The van der Waals surface area contributed by atoms with Gasteiger partial charge < -0.3 is 14.2 Å². The van der Waals surface area contributed by atoms with Gasteiger partial charge in [0.25, 0.3) is 0 Å². The second-order valence-corrected chi connectivity index (χ2v) is 24.1. The molecule has 6 heteroatoms. The van der Waals surface area contributed by atoms with Gasteiger partial charge in [-0.15, -0.1) is 0 Å². The molecule has 0 heterocycles. The van der Waals surface area contributed by atoms with E-state index in [2.05, 4.69) is 81.5 Å². The third-order valence-corrected chi connectivity index (χ3v) is 16.0. The number of esters is 3. The zero-order chi connectivity index (χ0) is 58.5. The van der Waals surface area contributed by atoms with Crippen molar-refractivity contribution in [3.63, 3.8) is 0 Å². The fourth-order valence-electron chi connectivity index (χ4n) is 10.7. The summed E-state index contributed by atoms with van der Waals surface area (Å²) < 4.78 is 17.0. The summed E-state index contributed by atoms with van der Waals surface area (Å²) in [4.78, 5) is 38.5. The Bertz CT molecular complexity index is 1440. The number of rotatable bonds is 66. The maximum Gasteiger partial charge on any atom is 0.306 e. The van der Waals surface area contributed by atoms with Gasteiger partial charge in [-0.25, -0.2) is 0 Å². The van der Waals surface area contributed by atoms with Gasteiger partial charge in [-0.1, -0.05) is 338 Å². The molecule has 472 valence electrons. The highest BCUT2D eigenvalue weighted by Crippen LogP contribution is 2.18. The van der Waals surface area contributed by atoms with Gasteiger partial charge in [0.2, 0.25) is 0 Å². The van der Waals surface area contributed by atoms with E-state index in [1.165, 1.54) is 250 Å². The van der Waals surface area contributed by atoms with E-state index >= 15 is 0 Å². The first kappa shape index (κ1) is 78.1. The summed E-state index contributed by atoms with van der Waals surface area (Å²) in [6, 6.07) is 0. The molecule has 0 saturated heterocycles. The molecule has 0 saturated carbocycles. The van der Waals surface area contributed by atoms with Gasteiger partial charge >= 0.3 is 17.9 Å². The average Bonchev–Trinajstić information content (AvgIpc) is 3.47. The molecule has 0 radical (unpaired) electrons. The van der Waals surface area contributed by atoms with Crippen molar-refractivity contribution < 1.29 is 28.6 Å². The van der Waals surface area contributed by atoms with Crippen molar-refractivity contribution in [2.75, 3.05) is 13.2 Å². The summed E-state index contributed by atoms with van der Waals surface area (Å²) >= 11 is 0. The Morgan fingerprint density at radius 3 is 0.765 bits per heavy atom. The predicted octanol–water partition coefficient (Wildman–Crippen LogP) is 24.7. The smallest absolute Gasteiger partial charge is 0.306 e. The summed E-state index contributed by atoms with van der Waals surface area (Å²) in [5, 5.41) is 0. The molecule has 1 atom stereocenters. The first-order chi connectivity index (χ1) is 40.0. The summed E-state index contributed by atoms with van der Waals surface area (Å²) in [5.74, 6) is -0.862. The number of carbonyl (C=O) groups is 3. The van der Waals surface area contributed by atoms with Crippen LogP contribution in [0.4, 0.5) is 0 Å². The monoisotopic (exact) mass is 1130 g/mol. The van der Waals surface area contributed by atoms with Crippen LogP contribution in [-0.2, 0) is 28.6 Å². The summed E-state index contributed by atoms with van der Waals surface area (Å²) in [6.45, 7) is 6.58. The quantitative estimate of drug-likeness (QED) is 0.0261. The lowest BCUT2D eigenvalue weighted by molar-refractivity contribution is -0.167. The van der Waals surface area contributed by atoms with Gasteiger partial charge in [-0.05, 0) is 83.5 Å². The van der Waals surface area contributed by atoms with Crippen LogP contribution in [0.15, 0.2) is 60.8 Å². The zero-order valence-corrected chi connectivity index (χ0v) is 54.3. The molecule has 0 spiro atoms. The van der Waals surface area contributed by atoms with Crippen LogP contribution in [0.2, 0.25) is 0 Å². The van der Waals surface area contributed by atoms with E-state index in [-0.39, 0.29) is 31.1 Å². The first-order valence-corrected chi connectivity index (χ1v) is 35.8. The van der Waals surface area contributed by atoms with Gasteiger partial charge in [-0.3, -0.25) is 14.4 Å². The fraction of sp³-hybridized carbons (Fsp3) is 0.827. The van der Waals surface area contributed by atoms with Crippen molar-refractivity contribution in [1.29, 1.82) is 0 Å². The summed E-state index contributed by atoms with van der Waals surface area (Å²) in [7, 11) is 0. The van der Waals surface area contributed by atoms with Crippen molar-refractivity contribution in [2.45, 2.75) is 386 Å². The van der Waals surface area contributed by atoms with Gasteiger partial charge in [0.15, 0.2) is 6.10 Å². The minimum Gasteiger partial charge on any atom is -0.462 e. The molecule has 0 aliphatic carbocycles. The third kappa shape index (κ3) is 67.8. The molecule has 0 bridgehead atoms. The maximum absolute atomic E-state index is 13.0. The number of hydrogen-bond acceptors (Lipinski definition) is 6. The highest BCUT2D eigenvalue weighted by Gasteiger charge is 2.19. The Labute approximate surface area is 504 Å². The molecule has 0 amide bonds. The first-order valence-electron chi connectivity index (χ1n) is 35.8. The van der Waals surface area contributed by atoms with E-state index in [4.69, 9.17) is 14.2 Å². The lowest BCUT2D eigenvalue weighted by Gasteiger charge is -2.18. The molecule has 81 heavy (non-hydrogen) atoms. The second kappa shape index (κ2) is 69.6. The third-order valence-electron chi connectivity index (χ3n) is 16.0. The summed E-state index contributed by atoms with van der Waals surface area (Å²) in [6.07, 6.45) is 89.6. The Morgan fingerprint density at radius 1 is 0.259 bits per heavy atom. The Balaban J connectivity index is 4.31. The van der Waals surface area contributed by atoms with E-state index < -0.39 is 6.10 Å². The normalized spacial score (nSPS) is 12.4. The summed E-state index contributed by atoms with van der Waals surface area (Å²) in [5.41, 5.74) is 0. The number of allylic oxidation sites excluding steroid dienone is 10. The van der Waals surface area contributed by atoms with Crippen LogP contribution in [0.3, 0.4) is 0 Å². The van der Waals surface area contributed by atoms with Crippen molar-refractivity contribution >= 4 is 17.9 Å². The Morgan fingerprint density at radius 2 is 0.481 bits per heavy atom. The maximum atomic E-state index is 13.0.